The summed E-state index contributed by atoms with van der Waals surface area (Å²) in [5, 5.41) is 0.153. The monoisotopic (exact) mass is 500 g/mol. The number of halogens is 1. The van der Waals surface area contributed by atoms with Gasteiger partial charge in [0, 0.05) is 23.7 Å². The number of thioether (sulfide) groups is 1. The molecule has 2 saturated heterocycles. The molecule has 0 aromatic heterocycles. The van der Waals surface area contributed by atoms with E-state index in [0.717, 1.165) is 41.5 Å². The molecule has 0 N–H and O–H groups in total. The van der Waals surface area contributed by atoms with E-state index in [9.17, 15) is 14.4 Å². The standard InChI is InChI=1S/C25H25ClN2O5S/c1-32-20-10-6-8-18(23(20)33-16-17-7-5-9-19(26)13-17)14-21-24(30)28(25(31)34-21)15-22(29)27-11-3-2-4-12-27/h5-10,13-14H,2-4,11-12,15-16H2,1H3/b21-14-. The number of carbonyl (C=O) groups excluding carboxylic acids is 3. The Labute approximate surface area is 207 Å². The van der Waals surface area contributed by atoms with Gasteiger partial charge in [0.05, 0.1) is 12.0 Å². The average Bonchev–Trinajstić information content (AvgIpc) is 3.11. The van der Waals surface area contributed by atoms with Gasteiger partial charge in [-0.05, 0) is 60.9 Å². The van der Waals surface area contributed by atoms with E-state index in [-0.39, 0.29) is 24.0 Å². The smallest absolute Gasteiger partial charge is 0.294 e. The van der Waals surface area contributed by atoms with Crippen molar-refractivity contribution >= 4 is 46.5 Å². The van der Waals surface area contributed by atoms with Gasteiger partial charge < -0.3 is 14.4 Å². The van der Waals surface area contributed by atoms with Crippen molar-refractivity contribution in [1.29, 1.82) is 0 Å². The molecule has 0 aliphatic carbocycles. The van der Waals surface area contributed by atoms with E-state index in [1.54, 1.807) is 41.3 Å². The number of nitrogens with zero attached hydrogens (tertiary/aromatic N) is 2. The van der Waals surface area contributed by atoms with E-state index < -0.39 is 11.1 Å². The SMILES string of the molecule is COc1cccc(/C=C2\SC(=O)N(CC(=O)N3CCCCC3)C2=O)c1OCc1cccc(Cl)c1. The van der Waals surface area contributed by atoms with Gasteiger partial charge in [0.2, 0.25) is 5.91 Å². The summed E-state index contributed by atoms with van der Waals surface area (Å²) in [4.78, 5) is 41.1. The van der Waals surface area contributed by atoms with E-state index in [2.05, 4.69) is 0 Å². The van der Waals surface area contributed by atoms with Crippen LogP contribution in [0.3, 0.4) is 0 Å². The highest BCUT2D eigenvalue weighted by atomic mass is 35.5. The zero-order valence-electron chi connectivity index (χ0n) is 18.8. The Balaban J connectivity index is 1.53. The first-order chi connectivity index (χ1) is 16.5. The van der Waals surface area contributed by atoms with Gasteiger partial charge >= 0.3 is 0 Å². The second-order valence-electron chi connectivity index (χ2n) is 8.01. The van der Waals surface area contributed by atoms with E-state index in [0.29, 0.717) is 35.2 Å². The third kappa shape index (κ3) is 5.56. The first-order valence-electron chi connectivity index (χ1n) is 11.0. The van der Waals surface area contributed by atoms with Crippen LogP contribution in [-0.4, -0.2) is 53.6 Å². The first kappa shape index (κ1) is 24.2. The predicted molar refractivity (Wildman–Crippen MR) is 132 cm³/mol. The van der Waals surface area contributed by atoms with Crippen LogP contribution in [0.5, 0.6) is 11.5 Å². The number of piperidine rings is 1. The molecule has 2 aliphatic rings. The van der Waals surface area contributed by atoms with Gasteiger partial charge in [-0.3, -0.25) is 19.3 Å². The van der Waals surface area contributed by atoms with Crippen LogP contribution in [0.2, 0.25) is 5.02 Å². The Morgan fingerprint density at radius 1 is 1.12 bits per heavy atom. The highest BCUT2D eigenvalue weighted by Gasteiger charge is 2.37. The Bertz CT molecular complexity index is 1130. The van der Waals surface area contributed by atoms with Gasteiger partial charge in [0.15, 0.2) is 11.5 Å². The highest BCUT2D eigenvalue weighted by molar-refractivity contribution is 8.18. The first-order valence-corrected chi connectivity index (χ1v) is 12.2. The number of amides is 3. The summed E-state index contributed by atoms with van der Waals surface area (Å²) in [7, 11) is 1.53. The molecule has 2 heterocycles. The zero-order chi connectivity index (χ0) is 24.1. The molecule has 0 atom stereocenters. The van der Waals surface area contributed by atoms with E-state index in [1.165, 1.54) is 7.11 Å². The molecule has 2 aromatic carbocycles. The van der Waals surface area contributed by atoms with Gasteiger partial charge in [-0.1, -0.05) is 35.9 Å². The van der Waals surface area contributed by atoms with Crippen LogP contribution in [0, 0.1) is 0 Å². The largest absolute Gasteiger partial charge is 0.493 e. The molecular formula is C25H25ClN2O5S. The molecule has 0 bridgehead atoms. The third-order valence-electron chi connectivity index (χ3n) is 5.66. The van der Waals surface area contributed by atoms with Crippen LogP contribution < -0.4 is 9.47 Å². The minimum absolute atomic E-state index is 0.199. The summed E-state index contributed by atoms with van der Waals surface area (Å²) < 4.78 is 11.5. The Morgan fingerprint density at radius 2 is 1.88 bits per heavy atom. The highest BCUT2D eigenvalue weighted by Crippen LogP contribution is 2.38. The molecule has 2 aromatic rings. The minimum atomic E-state index is -0.482. The molecule has 7 nitrogen and oxygen atoms in total. The van der Waals surface area contributed by atoms with E-state index in [4.69, 9.17) is 21.1 Å². The molecule has 9 heteroatoms. The lowest BCUT2D eigenvalue weighted by molar-refractivity contribution is -0.136. The lowest BCUT2D eigenvalue weighted by atomic mass is 10.1. The Kier molecular flexibility index (Phi) is 7.80. The molecule has 34 heavy (non-hydrogen) atoms. The summed E-state index contributed by atoms with van der Waals surface area (Å²) in [6, 6.07) is 12.6. The zero-order valence-corrected chi connectivity index (χ0v) is 20.4. The normalized spacial score (nSPS) is 17.4. The summed E-state index contributed by atoms with van der Waals surface area (Å²) in [6.45, 7) is 1.34. The Morgan fingerprint density at radius 3 is 2.62 bits per heavy atom. The van der Waals surface area contributed by atoms with Crippen molar-refractivity contribution in [1.82, 2.24) is 9.80 Å². The molecule has 2 fully saturated rings. The maximum absolute atomic E-state index is 13.0. The number of likely N-dealkylation sites (tertiary alicyclic amines) is 1. The fourth-order valence-electron chi connectivity index (χ4n) is 3.90. The number of methoxy groups -OCH3 is 1. The molecule has 0 unspecified atom stereocenters. The second kappa shape index (κ2) is 11.0. The van der Waals surface area contributed by atoms with Crippen LogP contribution in [0.25, 0.3) is 6.08 Å². The molecule has 0 radical (unpaired) electrons. The molecule has 2 aliphatic heterocycles. The van der Waals surface area contributed by atoms with Crippen molar-refractivity contribution < 1.29 is 23.9 Å². The van der Waals surface area contributed by atoms with Gasteiger partial charge in [0.25, 0.3) is 11.1 Å². The minimum Gasteiger partial charge on any atom is -0.493 e. The number of benzene rings is 2. The Hall–Kier alpha value is -2.97. The molecule has 4 rings (SSSR count). The van der Waals surface area contributed by atoms with E-state index >= 15 is 0 Å². The topological polar surface area (TPSA) is 76.2 Å². The molecular weight excluding hydrogens is 476 g/mol. The number of rotatable bonds is 7. The van der Waals surface area contributed by atoms with Crippen molar-refractivity contribution in [3.8, 4) is 11.5 Å². The quantitative estimate of drug-likeness (QED) is 0.499. The van der Waals surface area contributed by atoms with Crippen molar-refractivity contribution in [3.63, 3.8) is 0 Å². The van der Waals surface area contributed by atoms with Crippen molar-refractivity contribution in [2.24, 2.45) is 0 Å². The fourth-order valence-corrected chi connectivity index (χ4v) is 4.94. The van der Waals surface area contributed by atoms with E-state index in [1.807, 2.05) is 12.1 Å². The summed E-state index contributed by atoms with van der Waals surface area (Å²) in [5.74, 6) is 0.260. The van der Waals surface area contributed by atoms with Crippen molar-refractivity contribution in [2.75, 3.05) is 26.7 Å². The van der Waals surface area contributed by atoms with Gasteiger partial charge in [-0.25, -0.2) is 0 Å². The summed E-state index contributed by atoms with van der Waals surface area (Å²) >= 11 is 6.88. The fraction of sp³-hybridized carbons (Fsp3) is 0.320. The maximum Gasteiger partial charge on any atom is 0.294 e. The van der Waals surface area contributed by atoms with Gasteiger partial charge in [0.1, 0.15) is 13.2 Å². The van der Waals surface area contributed by atoms with Crippen molar-refractivity contribution in [3.05, 3.63) is 63.5 Å². The lowest BCUT2D eigenvalue weighted by Crippen LogP contribution is -2.44. The summed E-state index contributed by atoms with van der Waals surface area (Å²) in [6.07, 6.45) is 4.59. The number of hydrogen-bond acceptors (Lipinski definition) is 6. The maximum atomic E-state index is 13.0. The average molecular weight is 501 g/mol. The number of hydrogen-bond donors (Lipinski definition) is 0. The molecule has 3 amide bonds. The van der Waals surface area contributed by atoms with Gasteiger partial charge in [-0.2, -0.15) is 0 Å². The lowest BCUT2D eigenvalue weighted by Gasteiger charge is -2.27. The second-order valence-corrected chi connectivity index (χ2v) is 9.44. The molecule has 178 valence electrons. The van der Waals surface area contributed by atoms with Crippen molar-refractivity contribution in [2.45, 2.75) is 25.9 Å². The van der Waals surface area contributed by atoms with Crippen LogP contribution in [0.1, 0.15) is 30.4 Å². The van der Waals surface area contributed by atoms with Crippen LogP contribution in [0.15, 0.2) is 47.4 Å². The van der Waals surface area contributed by atoms with Crippen LogP contribution in [0.4, 0.5) is 4.79 Å². The number of para-hydroxylation sites is 1. The number of carbonyl (C=O) groups is 3. The predicted octanol–water partition coefficient (Wildman–Crippen LogP) is 4.98. The number of ether oxygens (including phenoxy) is 2. The van der Waals surface area contributed by atoms with Gasteiger partial charge in [-0.15, -0.1) is 0 Å². The molecule has 0 spiro atoms. The number of imide groups is 1. The third-order valence-corrected chi connectivity index (χ3v) is 6.81. The summed E-state index contributed by atoms with van der Waals surface area (Å²) in [5.41, 5.74) is 1.47. The van der Waals surface area contributed by atoms with Crippen LogP contribution in [-0.2, 0) is 16.2 Å². The van der Waals surface area contributed by atoms with Crippen LogP contribution >= 0.6 is 23.4 Å². The molecule has 0 saturated carbocycles.